The summed E-state index contributed by atoms with van der Waals surface area (Å²) in [5, 5.41) is 3.84. The second-order valence-corrected chi connectivity index (χ2v) is 8.78. The van der Waals surface area contributed by atoms with Crippen LogP contribution in [0.2, 0.25) is 0 Å². The van der Waals surface area contributed by atoms with E-state index in [-0.39, 0.29) is 11.2 Å². The SMILES string of the molecule is Cc1ccnc(Nc2cccc(-c3cnc(N(C)CC4=CCC(C(=O)Cl)C=C4)s3)n2)c1. The highest BCUT2D eigenvalue weighted by Crippen LogP contribution is 2.31. The smallest absolute Gasteiger partial charge is 0.228 e. The lowest BCUT2D eigenvalue weighted by molar-refractivity contribution is -0.113. The average molecular weight is 452 g/mol. The molecule has 0 aromatic carbocycles. The summed E-state index contributed by atoms with van der Waals surface area (Å²) in [4.78, 5) is 28.0. The number of halogens is 1. The summed E-state index contributed by atoms with van der Waals surface area (Å²) in [6.45, 7) is 2.74. The van der Waals surface area contributed by atoms with Gasteiger partial charge in [-0.1, -0.05) is 35.6 Å². The minimum atomic E-state index is -0.313. The molecule has 3 aromatic rings. The summed E-state index contributed by atoms with van der Waals surface area (Å²) in [6.07, 6.45) is 10.2. The predicted octanol–water partition coefficient (Wildman–Crippen LogP) is 5.36. The highest BCUT2D eigenvalue weighted by Gasteiger charge is 2.16. The first-order chi connectivity index (χ1) is 15.0. The van der Waals surface area contributed by atoms with Crippen LogP contribution in [0.5, 0.6) is 0 Å². The third-order valence-electron chi connectivity index (χ3n) is 4.88. The number of likely N-dealkylation sites (N-methyl/N-ethyl adjacent to an activating group) is 1. The second kappa shape index (κ2) is 9.41. The maximum Gasteiger partial charge on any atom is 0.228 e. The van der Waals surface area contributed by atoms with Crippen molar-refractivity contribution in [1.29, 1.82) is 0 Å². The Bertz CT molecular complexity index is 1160. The summed E-state index contributed by atoms with van der Waals surface area (Å²) in [7, 11) is 2.00. The van der Waals surface area contributed by atoms with E-state index in [2.05, 4.69) is 26.3 Å². The molecular formula is C23H22ClN5OS. The van der Waals surface area contributed by atoms with Gasteiger partial charge in [0.15, 0.2) is 5.13 Å². The van der Waals surface area contributed by atoms with Gasteiger partial charge in [0.25, 0.3) is 0 Å². The molecule has 0 amide bonds. The molecule has 1 aliphatic rings. The molecule has 1 unspecified atom stereocenters. The number of nitrogens with zero attached hydrogens (tertiary/aromatic N) is 4. The molecule has 0 aliphatic heterocycles. The van der Waals surface area contributed by atoms with E-state index in [1.165, 1.54) is 0 Å². The van der Waals surface area contributed by atoms with E-state index in [4.69, 9.17) is 16.6 Å². The van der Waals surface area contributed by atoms with Crippen LogP contribution in [0.1, 0.15) is 12.0 Å². The van der Waals surface area contributed by atoms with Crippen LogP contribution in [0.3, 0.4) is 0 Å². The van der Waals surface area contributed by atoms with E-state index in [0.717, 1.165) is 38.5 Å². The zero-order chi connectivity index (χ0) is 21.8. The van der Waals surface area contributed by atoms with Crippen LogP contribution in [0, 0.1) is 12.8 Å². The molecule has 1 N–H and O–H groups in total. The van der Waals surface area contributed by atoms with Gasteiger partial charge in [-0.2, -0.15) is 0 Å². The molecular weight excluding hydrogens is 430 g/mol. The fourth-order valence-corrected chi connectivity index (χ4v) is 4.24. The molecule has 31 heavy (non-hydrogen) atoms. The van der Waals surface area contributed by atoms with Crippen molar-refractivity contribution in [3.8, 4) is 10.6 Å². The summed E-state index contributed by atoms with van der Waals surface area (Å²) in [5.41, 5.74) is 3.13. The number of aryl methyl sites for hydroxylation is 1. The van der Waals surface area contributed by atoms with Gasteiger partial charge in [0.2, 0.25) is 5.24 Å². The highest BCUT2D eigenvalue weighted by molar-refractivity contribution is 7.18. The van der Waals surface area contributed by atoms with Gasteiger partial charge >= 0.3 is 0 Å². The number of thiazole rings is 1. The van der Waals surface area contributed by atoms with Crippen LogP contribution in [-0.4, -0.2) is 33.8 Å². The van der Waals surface area contributed by atoms with E-state index < -0.39 is 0 Å². The molecule has 4 rings (SSSR count). The lowest BCUT2D eigenvalue weighted by atomic mass is 9.98. The Labute approximate surface area is 190 Å². The number of nitrogens with one attached hydrogen (secondary N) is 1. The molecule has 0 spiro atoms. The number of anilines is 3. The normalized spacial score (nSPS) is 15.5. The zero-order valence-corrected chi connectivity index (χ0v) is 18.8. The number of allylic oxidation sites excluding steroid dienone is 2. The molecule has 6 nitrogen and oxygen atoms in total. The molecule has 0 saturated carbocycles. The van der Waals surface area contributed by atoms with Crippen molar-refractivity contribution in [2.24, 2.45) is 5.92 Å². The Hall–Kier alpha value is -3.03. The maximum atomic E-state index is 11.3. The first-order valence-electron chi connectivity index (χ1n) is 9.88. The largest absolute Gasteiger partial charge is 0.347 e. The molecule has 0 fully saturated rings. The number of carbonyl (C=O) groups is 1. The van der Waals surface area contributed by atoms with Gasteiger partial charge in [0.1, 0.15) is 11.6 Å². The summed E-state index contributed by atoms with van der Waals surface area (Å²) in [6, 6.07) is 9.80. The van der Waals surface area contributed by atoms with Crippen molar-refractivity contribution in [3.05, 3.63) is 72.1 Å². The average Bonchev–Trinajstić information content (AvgIpc) is 3.25. The molecule has 1 aliphatic carbocycles. The standard InChI is InChI=1S/C23H22ClN5OS/c1-15-10-11-25-21(12-15)28-20-5-3-4-18(27-20)19-13-26-23(31-19)29(2)14-16-6-8-17(9-7-16)22(24)30/h3-8,10-13,17H,9,14H2,1-2H3,(H,25,27,28). The third-order valence-corrected chi connectivity index (χ3v) is 6.30. The highest BCUT2D eigenvalue weighted by atomic mass is 35.5. The maximum absolute atomic E-state index is 11.3. The monoisotopic (exact) mass is 451 g/mol. The fraction of sp³-hybridized carbons (Fsp3) is 0.217. The fourth-order valence-electron chi connectivity index (χ4n) is 3.23. The van der Waals surface area contributed by atoms with Gasteiger partial charge in [-0.15, -0.1) is 0 Å². The van der Waals surface area contributed by atoms with Crippen LogP contribution in [0.15, 0.2) is 66.5 Å². The van der Waals surface area contributed by atoms with Crippen molar-refractivity contribution < 1.29 is 4.79 Å². The number of rotatable bonds is 7. The first-order valence-corrected chi connectivity index (χ1v) is 11.1. The molecule has 8 heteroatoms. The summed E-state index contributed by atoms with van der Waals surface area (Å²) in [5.74, 6) is 1.28. The van der Waals surface area contributed by atoms with Gasteiger partial charge in [-0.3, -0.25) is 4.79 Å². The zero-order valence-electron chi connectivity index (χ0n) is 17.2. The number of carbonyl (C=O) groups excluding carboxylic acids is 1. The Morgan fingerprint density at radius 2 is 2.16 bits per heavy atom. The first kappa shape index (κ1) is 21.2. The van der Waals surface area contributed by atoms with E-state index in [0.29, 0.717) is 13.0 Å². The van der Waals surface area contributed by atoms with Gasteiger partial charge in [-0.05, 0) is 60.3 Å². The number of hydrogen-bond acceptors (Lipinski definition) is 7. The van der Waals surface area contributed by atoms with Crippen LogP contribution in [0.4, 0.5) is 16.8 Å². The Balaban J connectivity index is 1.44. The summed E-state index contributed by atoms with van der Waals surface area (Å²) >= 11 is 7.17. The molecule has 0 saturated heterocycles. The molecule has 3 heterocycles. The van der Waals surface area contributed by atoms with Gasteiger partial charge < -0.3 is 10.2 Å². The van der Waals surface area contributed by atoms with Gasteiger partial charge in [-0.25, -0.2) is 15.0 Å². The second-order valence-electron chi connectivity index (χ2n) is 7.40. The number of aromatic nitrogens is 3. The lowest BCUT2D eigenvalue weighted by Gasteiger charge is -2.19. The third kappa shape index (κ3) is 5.37. The molecule has 158 valence electrons. The van der Waals surface area contributed by atoms with Crippen LogP contribution >= 0.6 is 22.9 Å². The van der Waals surface area contributed by atoms with E-state index in [1.54, 1.807) is 17.5 Å². The number of pyridine rings is 2. The number of hydrogen-bond donors (Lipinski definition) is 1. The van der Waals surface area contributed by atoms with Crippen molar-refractivity contribution >= 4 is 44.9 Å². The van der Waals surface area contributed by atoms with E-state index in [1.807, 2.05) is 62.7 Å². The molecule has 3 aromatic heterocycles. The molecule has 0 radical (unpaired) electrons. The molecule has 1 atom stereocenters. The van der Waals surface area contributed by atoms with Crippen LogP contribution < -0.4 is 10.2 Å². The Morgan fingerprint density at radius 1 is 1.29 bits per heavy atom. The minimum absolute atomic E-state index is 0.218. The Kier molecular flexibility index (Phi) is 6.44. The van der Waals surface area contributed by atoms with E-state index >= 15 is 0 Å². The van der Waals surface area contributed by atoms with Crippen LogP contribution in [0.25, 0.3) is 10.6 Å². The van der Waals surface area contributed by atoms with E-state index in [9.17, 15) is 4.79 Å². The lowest BCUT2D eigenvalue weighted by Crippen LogP contribution is -2.20. The molecule has 0 bridgehead atoms. The summed E-state index contributed by atoms with van der Waals surface area (Å²) < 4.78 is 0. The predicted molar refractivity (Wildman–Crippen MR) is 127 cm³/mol. The van der Waals surface area contributed by atoms with Crippen molar-refractivity contribution in [2.45, 2.75) is 13.3 Å². The topological polar surface area (TPSA) is 71.0 Å². The van der Waals surface area contributed by atoms with Gasteiger partial charge in [0.05, 0.1) is 16.5 Å². The van der Waals surface area contributed by atoms with Crippen molar-refractivity contribution in [3.63, 3.8) is 0 Å². The quantitative estimate of drug-likeness (QED) is 0.488. The Morgan fingerprint density at radius 3 is 2.90 bits per heavy atom. The van der Waals surface area contributed by atoms with Crippen molar-refractivity contribution in [2.75, 3.05) is 23.8 Å². The minimum Gasteiger partial charge on any atom is -0.347 e. The van der Waals surface area contributed by atoms with Crippen molar-refractivity contribution in [1.82, 2.24) is 15.0 Å². The van der Waals surface area contributed by atoms with Crippen LogP contribution in [-0.2, 0) is 4.79 Å². The van der Waals surface area contributed by atoms with Gasteiger partial charge in [0, 0.05) is 26.0 Å².